The average Bonchev–Trinajstić information content (AvgIpc) is 2.71. The monoisotopic (exact) mass is 418 g/mol. The largest absolute Gasteiger partial charge is 0.382 e. The van der Waals surface area contributed by atoms with Crippen LogP contribution in [0.2, 0.25) is 0 Å². The van der Waals surface area contributed by atoms with Crippen LogP contribution in [-0.4, -0.2) is 36.8 Å². The van der Waals surface area contributed by atoms with E-state index in [1.807, 2.05) is 0 Å². The third-order valence-electron chi connectivity index (χ3n) is 5.89. The highest BCUT2D eigenvalue weighted by Crippen LogP contribution is 2.30. The first-order valence-electron chi connectivity index (χ1n) is 11.1. The molecule has 1 aromatic heterocycles. The number of benzene rings is 2. The van der Waals surface area contributed by atoms with Crippen molar-refractivity contribution in [1.29, 1.82) is 0 Å². The van der Waals surface area contributed by atoms with E-state index in [4.69, 9.17) is 15.5 Å². The zero-order valence-electron chi connectivity index (χ0n) is 19.1. The minimum atomic E-state index is -0.293. The van der Waals surface area contributed by atoms with E-state index < -0.39 is 0 Å². The molecule has 5 heteroatoms. The summed E-state index contributed by atoms with van der Waals surface area (Å²) in [7, 11) is 0. The molecule has 5 nitrogen and oxygen atoms in total. The molecule has 3 aromatic rings. The number of ether oxygens (including phenoxy) is 1. The standard InChI is InChI=1S/C26H34N4O/c1-18(2)13-30(14-21-8-6-5-7-20(21)4)25-12-24(28-15-26(27)16-31-17-26)22-11-19(3)9-10-23(22)29-25/h5-12,18H,13-17,27H2,1-4H3,(H,28,29). The Bertz CT molecular complexity index is 1060. The highest BCUT2D eigenvalue weighted by atomic mass is 16.5. The maximum absolute atomic E-state index is 6.39. The van der Waals surface area contributed by atoms with Crippen molar-refractivity contribution in [2.24, 2.45) is 11.7 Å². The Labute approximate surface area is 185 Å². The zero-order valence-corrected chi connectivity index (χ0v) is 19.1. The lowest BCUT2D eigenvalue weighted by molar-refractivity contribution is -0.0461. The lowest BCUT2D eigenvalue weighted by atomic mass is 9.99. The summed E-state index contributed by atoms with van der Waals surface area (Å²) in [5.41, 5.74) is 12.0. The van der Waals surface area contributed by atoms with Gasteiger partial charge in [0.25, 0.3) is 0 Å². The van der Waals surface area contributed by atoms with Gasteiger partial charge in [-0.1, -0.05) is 49.7 Å². The van der Waals surface area contributed by atoms with Crippen molar-refractivity contribution in [1.82, 2.24) is 4.98 Å². The van der Waals surface area contributed by atoms with Crippen LogP contribution in [0.4, 0.5) is 11.5 Å². The molecule has 3 N–H and O–H groups in total. The van der Waals surface area contributed by atoms with Gasteiger partial charge < -0.3 is 20.7 Å². The van der Waals surface area contributed by atoms with Gasteiger partial charge in [-0.05, 0) is 43.0 Å². The second kappa shape index (κ2) is 8.85. The van der Waals surface area contributed by atoms with E-state index in [1.165, 1.54) is 16.7 Å². The Kier molecular flexibility index (Phi) is 6.17. The number of fused-ring (bicyclic) bond motifs is 1. The van der Waals surface area contributed by atoms with Gasteiger partial charge >= 0.3 is 0 Å². The average molecular weight is 419 g/mol. The van der Waals surface area contributed by atoms with Crippen LogP contribution >= 0.6 is 0 Å². The van der Waals surface area contributed by atoms with Crippen LogP contribution in [0.1, 0.15) is 30.5 Å². The van der Waals surface area contributed by atoms with E-state index in [2.05, 4.69) is 86.4 Å². The van der Waals surface area contributed by atoms with Crippen molar-refractivity contribution in [3.05, 3.63) is 65.2 Å². The van der Waals surface area contributed by atoms with E-state index in [0.717, 1.165) is 35.5 Å². The Hall–Kier alpha value is -2.63. The summed E-state index contributed by atoms with van der Waals surface area (Å²) >= 11 is 0. The van der Waals surface area contributed by atoms with Gasteiger partial charge in [-0.3, -0.25) is 0 Å². The lowest BCUT2D eigenvalue weighted by Crippen LogP contribution is -2.61. The van der Waals surface area contributed by atoms with Crippen LogP contribution in [-0.2, 0) is 11.3 Å². The topological polar surface area (TPSA) is 63.4 Å². The molecule has 164 valence electrons. The number of anilines is 2. The SMILES string of the molecule is Cc1ccc2nc(N(Cc3ccccc3C)CC(C)C)cc(NCC3(N)COC3)c2c1. The van der Waals surface area contributed by atoms with Crippen molar-refractivity contribution < 1.29 is 4.74 Å². The zero-order chi connectivity index (χ0) is 22.0. The number of nitrogens with one attached hydrogen (secondary N) is 1. The van der Waals surface area contributed by atoms with E-state index >= 15 is 0 Å². The lowest BCUT2D eigenvalue weighted by Gasteiger charge is -2.38. The van der Waals surface area contributed by atoms with E-state index in [1.54, 1.807) is 0 Å². The van der Waals surface area contributed by atoms with Gasteiger partial charge in [0.2, 0.25) is 0 Å². The quantitative estimate of drug-likeness (QED) is 0.557. The number of pyridine rings is 1. The molecule has 2 aromatic carbocycles. The molecule has 1 aliphatic heterocycles. The first-order valence-corrected chi connectivity index (χ1v) is 11.1. The third kappa shape index (κ3) is 5.00. The minimum absolute atomic E-state index is 0.293. The van der Waals surface area contributed by atoms with Gasteiger partial charge in [-0.2, -0.15) is 0 Å². The summed E-state index contributed by atoms with van der Waals surface area (Å²) in [6.07, 6.45) is 0. The van der Waals surface area contributed by atoms with Crippen molar-refractivity contribution in [2.75, 3.05) is 36.5 Å². The Balaban J connectivity index is 1.72. The predicted octanol–water partition coefficient (Wildman–Crippen LogP) is 4.65. The second-order valence-electron chi connectivity index (χ2n) is 9.46. The summed E-state index contributed by atoms with van der Waals surface area (Å²) in [5.74, 6) is 1.52. The second-order valence-corrected chi connectivity index (χ2v) is 9.46. The summed E-state index contributed by atoms with van der Waals surface area (Å²) in [6.45, 7) is 12.5. The van der Waals surface area contributed by atoms with E-state index in [-0.39, 0.29) is 5.54 Å². The van der Waals surface area contributed by atoms with Gasteiger partial charge in [0.05, 0.1) is 24.3 Å². The normalized spacial score (nSPS) is 15.2. The molecule has 0 amide bonds. The summed E-state index contributed by atoms with van der Waals surface area (Å²) in [6, 6.07) is 17.2. The molecule has 1 aliphatic rings. The number of hydrogen-bond acceptors (Lipinski definition) is 5. The van der Waals surface area contributed by atoms with Crippen molar-refractivity contribution in [2.45, 2.75) is 39.8 Å². The summed E-state index contributed by atoms with van der Waals surface area (Å²) in [4.78, 5) is 7.46. The molecular weight excluding hydrogens is 384 g/mol. The minimum Gasteiger partial charge on any atom is -0.382 e. The number of nitrogens with zero attached hydrogens (tertiary/aromatic N) is 2. The van der Waals surface area contributed by atoms with Crippen LogP contribution in [0.3, 0.4) is 0 Å². The van der Waals surface area contributed by atoms with Crippen molar-refractivity contribution in [3.8, 4) is 0 Å². The molecule has 0 saturated carbocycles. The van der Waals surface area contributed by atoms with E-state index in [9.17, 15) is 0 Å². The van der Waals surface area contributed by atoms with Gasteiger partial charge in [0.15, 0.2) is 0 Å². The highest BCUT2D eigenvalue weighted by molar-refractivity contribution is 5.93. The molecule has 0 spiro atoms. The third-order valence-corrected chi connectivity index (χ3v) is 5.89. The Morgan fingerprint density at radius 2 is 1.90 bits per heavy atom. The van der Waals surface area contributed by atoms with Gasteiger partial charge in [-0.15, -0.1) is 0 Å². The molecule has 0 bridgehead atoms. The molecular formula is C26H34N4O. The van der Waals surface area contributed by atoms with Gasteiger partial charge in [-0.25, -0.2) is 4.98 Å². The Morgan fingerprint density at radius 1 is 1.13 bits per heavy atom. The molecule has 0 radical (unpaired) electrons. The molecule has 4 rings (SSSR count). The number of aromatic nitrogens is 1. The molecule has 0 atom stereocenters. The first-order chi connectivity index (χ1) is 14.8. The van der Waals surface area contributed by atoms with Crippen LogP contribution in [0.5, 0.6) is 0 Å². The molecule has 2 heterocycles. The van der Waals surface area contributed by atoms with Crippen molar-refractivity contribution in [3.63, 3.8) is 0 Å². The fourth-order valence-corrected chi connectivity index (χ4v) is 4.04. The van der Waals surface area contributed by atoms with Crippen molar-refractivity contribution >= 4 is 22.4 Å². The van der Waals surface area contributed by atoms with Crippen LogP contribution in [0.25, 0.3) is 10.9 Å². The number of aryl methyl sites for hydroxylation is 2. The molecule has 0 aliphatic carbocycles. The van der Waals surface area contributed by atoms with E-state index in [0.29, 0.717) is 25.7 Å². The summed E-state index contributed by atoms with van der Waals surface area (Å²) < 4.78 is 5.33. The maximum Gasteiger partial charge on any atom is 0.131 e. The van der Waals surface area contributed by atoms with Crippen LogP contribution in [0.15, 0.2) is 48.5 Å². The van der Waals surface area contributed by atoms with Crippen LogP contribution < -0.4 is 16.0 Å². The number of rotatable bonds is 8. The molecule has 1 saturated heterocycles. The van der Waals surface area contributed by atoms with Crippen LogP contribution in [0, 0.1) is 19.8 Å². The number of hydrogen-bond donors (Lipinski definition) is 2. The van der Waals surface area contributed by atoms with Gasteiger partial charge in [0.1, 0.15) is 5.82 Å². The first kappa shape index (κ1) is 21.6. The number of nitrogens with two attached hydrogens (primary N) is 1. The smallest absolute Gasteiger partial charge is 0.131 e. The summed E-state index contributed by atoms with van der Waals surface area (Å²) in [5, 5.41) is 4.74. The fraction of sp³-hybridized carbons (Fsp3) is 0.423. The maximum atomic E-state index is 6.39. The predicted molar refractivity (Wildman–Crippen MR) is 130 cm³/mol. The molecule has 1 fully saturated rings. The molecule has 31 heavy (non-hydrogen) atoms. The Morgan fingerprint density at radius 3 is 2.58 bits per heavy atom. The molecule has 0 unspecified atom stereocenters. The van der Waals surface area contributed by atoms with Gasteiger partial charge in [0, 0.05) is 36.8 Å². The fourth-order valence-electron chi connectivity index (χ4n) is 4.04. The highest BCUT2D eigenvalue weighted by Gasteiger charge is 2.34.